The van der Waals surface area contributed by atoms with E-state index in [1.54, 1.807) is 24.7 Å². The molecule has 3 heterocycles. The fraction of sp³-hybridized carbons (Fsp3) is 0.417. The van der Waals surface area contributed by atoms with Crippen LogP contribution in [-0.4, -0.2) is 78.6 Å². The minimum absolute atomic E-state index is 0.199. The van der Waals surface area contributed by atoms with Crippen molar-refractivity contribution in [3.05, 3.63) is 53.9 Å². The largest absolute Gasteiger partial charge is 0.467 e. The van der Waals surface area contributed by atoms with Gasteiger partial charge in [-0.2, -0.15) is 0 Å². The standard InChI is InChI=1S/C24H30N6O3/c1-3-29(4-2)11-6-12-32-17-33-19-8-9-20-21(13-19)26-16-30-15-22(27-23(20)30)28-24(31)18-7-5-10-25-14-18/h5,7-10,13-14,16,22H,3-4,6,11-12,15,17H2,1-2H3,(H,28,31). The molecule has 0 spiro atoms. The molecule has 0 saturated heterocycles. The predicted octanol–water partition coefficient (Wildman–Crippen LogP) is 2.66. The van der Waals surface area contributed by atoms with Crippen LogP contribution in [0.1, 0.15) is 36.2 Å². The normalized spacial score (nSPS) is 16.4. The van der Waals surface area contributed by atoms with E-state index in [0.717, 1.165) is 43.1 Å². The molecule has 1 unspecified atom stereocenters. The van der Waals surface area contributed by atoms with Crippen LogP contribution >= 0.6 is 0 Å². The second kappa shape index (κ2) is 11.0. The first kappa shape index (κ1) is 22.9. The lowest BCUT2D eigenvalue weighted by Crippen LogP contribution is -2.38. The Balaban J connectivity index is 1.30. The average molecular weight is 451 g/mol. The number of benzene rings is 1. The summed E-state index contributed by atoms with van der Waals surface area (Å²) in [6, 6.07) is 9.18. The van der Waals surface area contributed by atoms with E-state index in [1.165, 1.54) is 6.20 Å². The minimum Gasteiger partial charge on any atom is -0.467 e. The topological polar surface area (TPSA) is 91.7 Å². The number of carbonyl (C=O) groups is 1. The zero-order chi connectivity index (χ0) is 23.0. The van der Waals surface area contributed by atoms with Crippen molar-refractivity contribution < 1.29 is 14.3 Å². The molecule has 1 aromatic heterocycles. The van der Waals surface area contributed by atoms with E-state index >= 15 is 0 Å². The number of rotatable bonds is 11. The van der Waals surface area contributed by atoms with Crippen LogP contribution in [0, 0.1) is 0 Å². The summed E-state index contributed by atoms with van der Waals surface area (Å²) in [5.41, 5.74) is 2.19. The van der Waals surface area contributed by atoms with Gasteiger partial charge in [0, 0.05) is 30.6 Å². The molecule has 2 aromatic rings. The first-order chi connectivity index (χ1) is 16.2. The number of amides is 1. The van der Waals surface area contributed by atoms with Gasteiger partial charge in [0.25, 0.3) is 5.91 Å². The average Bonchev–Trinajstić information content (AvgIpc) is 3.27. The molecule has 0 radical (unpaired) electrons. The van der Waals surface area contributed by atoms with E-state index in [9.17, 15) is 4.79 Å². The van der Waals surface area contributed by atoms with Crippen LogP contribution in [0.5, 0.6) is 5.75 Å². The maximum absolute atomic E-state index is 12.4. The van der Waals surface area contributed by atoms with Gasteiger partial charge < -0.3 is 24.6 Å². The van der Waals surface area contributed by atoms with Crippen LogP contribution in [0.3, 0.4) is 0 Å². The SMILES string of the molecule is CCN(CC)CCCOCOc1ccc2c(c1)N=CN1CC(NC(=O)c3cccnc3)N=C21. The fourth-order valence-electron chi connectivity index (χ4n) is 3.80. The molecule has 174 valence electrons. The monoisotopic (exact) mass is 450 g/mol. The Bertz CT molecular complexity index is 1010. The number of fused-ring (bicyclic) bond motifs is 3. The lowest BCUT2D eigenvalue weighted by molar-refractivity contribution is 0.0116. The summed E-state index contributed by atoms with van der Waals surface area (Å²) in [5.74, 6) is 1.29. The molecule has 9 heteroatoms. The van der Waals surface area contributed by atoms with Crippen molar-refractivity contribution in [2.45, 2.75) is 26.4 Å². The molecule has 2 aliphatic rings. The number of nitrogens with one attached hydrogen (secondary N) is 1. The first-order valence-corrected chi connectivity index (χ1v) is 11.3. The zero-order valence-corrected chi connectivity index (χ0v) is 19.1. The minimum atomic E-state index is -0.356. The van der Waals surface area contributed by atoms with E-state index in [-0.39, 0.29) is 18.9 Å². The van der Waals surface area contributed by atoms with Gasteiger partial charge in [0.1, 0.15) is 17.8 Å². The highest BCUT2D eigenvalue weighted by atomic mass is 16.7. The highest BCUT2D eigenvalue weighted by Gasteiger charge is 2.30. The van der Waals surface area contributed by atoms with E-state index in [4.69, 9.17) is 14.5 Å². The molecule has 1 aromatic carbocycles. The Kier molecular flexibility index (Phi) is 7.64. The lowest BCUT2D eigenvalue weighted by Gasteiger charge is -2.21. The van der Waals surface area contributed by atoms with Gasteiger partial charge in [-0.1, -0.05) is 13.8 Å². The summed E-state index contributed by atoms with van der Waals surface area (Å²) in [4.78, 5) is 30.0. The summed E-state index contributed by atoms with van der Waals surface area (Å²) in [6.07, 6.45) is 5.54. The van der Waals surface area contributed by atoms with Gasteiger partial charge in [0.05, 0.1) is 30.7 Å². The maximum atomic E-state index is 12.4. The number of pyridine rings is 1. The first-order valence-electron chi connectivity index (χ1n) is 11.3. The molecular weight excluding hydrogens is 420 g/mol. The summed E-state index contributed by atoms with van der Waals surface area (Å²) < 4.78 is 11.4. The molecule has 9 nitrogen and oxygen atoms in total. The number of carbonyl (C=O) groups excluding carboxylic acids is 1. The summed E-state index contributed by atoms with van der Waals surface area (Å²) in [7, 11) is 0. The van der Waals surface area contributed by atoms with Crippen molar-refractivity contribution in [2.75, 3.05) is 39.6 Å². The molecule has 1 N–H and O–H groups in total. The molecule has 0 aliphatic carbocycles. The number of hydrogen-bond acceptors (Lipinski definition) is 8. The Morgan fingerprint density at radius 1 is 1.27 bits per heavy atom. The lowest BCUT2D eigenvalue weighted by atomic mass is 10.1. The number of ether oxygens (including phenoxy) is 2. The van der Waals surface area contributed by atoms with Crippen molar-refractivity contribution in [3.8, 4) is 5.75 Å². The number of nitrogens with zero attached hydrogens (tertiary/aromatic N) is 5. The van der Waals surface area contributed by atoms with Gasteiger partial charge >= 0.3 is 0 Å². The van der Waals surface area contributed by atoms with Gasteiger partial charge in [-0.05, 0) is 43.8 Å². The van der Waals surface area contributed by atoms with Gasteiger partial charge in [-0.25, -0.2) is 9.98 Å². The summed E-state index contributed by atoms with van der Waals surface area (Å²) in [6.45, 7) is 8.88. The van der Waals surface area contributed by atoms with E-state index in [2.05, 4.69) is 34.0 Å². The molecule has 33 heavy (non-hydrogen) atoms. The number of amidine groups is 1. The van der Waals surface area contributed by atoms with Crippen molar-refractivity contribution in [3.63, 3.8) is 0 Å². The third-order valence-corrected chi connectivity index (χ3v) is 5.65. The van der Waals surface area contributed by atoms with Crippen molar-refractivity contribution >= 4 is 23.8 Å². The predicted molar refractivity (Wildman–Crippen MR) is 127 cm³/mol. The van der Waals surface area contributed by atoms with Gasteiger partial charge in [0.15, 0.2) is 6.79 Å². The van der Waals surface area contributed by atoms with Crippen LogP contribution in [0.4, 0.5) is 5.69 Å². The van der Waals surface area contributed by atoms with Crippen LogP contribution in [0.2, 0.25) is 0 Å². The number of aromatic nitrogens is 1. The fourth-order valence-corrected chi connectivity index (χ4v) is 3.80. The smallest absolute Gasteiger partial charge is 0.254 e. The molecule has 0 saturated carbocycles. The van der Waals surface area contributed by atoms with Crippen LogP contribution in [-0.2, 0) is 4.74 Å². The zero-order valence-electron chi connectivity index (χ0n) is 19.1. The van der Waals surface area contributed by atoms with Crippen LogP contribution < -0.4 is 10.1 Å². The summed E-state index contributed by atoms with van der Waals surface area (Å²) in [5, 5.41) is 2.94. The molecule has 0 bridgehead atoms. The number of aliphatic imine (C=N–C) groups is 2. The van der Waals surface area contributed by atoms with Gasteiger partial charge in [-0.3, -0.25) is 9.78 Å². The molecule has 1 amide bonds. The Morgan fingerprint density at radius 2 is 2.15 bits per heavy atom. The van der Waals surface area contributed by atoms with Gasteiger partial charge in [-0.15, -0.1) is 0 Å². The molecule has 1 atom stereocenters. The molecule has 0 fully saturated rings. The molecular formula is C24H30N6O3. The van der Waals surface area contributed by atoms with Crippen molar-refractivity contribution in [1.29, 1.82) is 0 Å². The molecule has 2 aliphatic heterocycles. The second-order valence-electron chi connectivity index (χ2n) is 7.81. The van der Waals surface area contributed by atoms with E-state index in [0.29, 0.717) is 24.5 Å². The Morgan fingerprint density at radius 3 is 2.94 bits per heavy atom. The third-order valence-electron chi connectivity index (χ3n) is 5.65. The van der Waals surface area contributed by atoms with E-state index < -0.39 is 0 Å². The maximum Gasteiger partial charge on any atom is 0.254 e. The molecule has 4 rings (SSSR count). The Labute approximate surface area is 194 Å². The quantitative estimate of drug-likeness (QED) is 0.418. The summed E-state index contributed by atoms with van der Waals surface area (Å²) >= 11 is 0. The third kappa shape index (κ3) is 5.74. The Hall–Kier alpha value is -3.30. The highest BCUT2D eigenvalue weighted by molar-refractivity contribution is 6.12. The van der Waals surface area contributed by atoms with Crippen molar-refractivity contribution in [1.82, 2.24) is 20.1 Å². The van der Waals surface area contributed by atoms with Gasteiger partial charge in [0.2, 0.25) is 0 Å². The van der Waals surface area contributed by atoms with E-state index in [1.807, 2.05) is 23.1 Å². The highest BCUT2D eigenvalue weighted by Crippen LogP contribution is 2.31. The van der Waals surface area contributed by atoms with Crippen LogP contribution in [0.25, 0.3) is 0 Å². The van der Waals surface area contributed by atoms with Crippen LogP contribution in [0.15, 0.2) is 52.7 Å². The second-order valence-corrected chi connectivity index (χ2v) is 7.81. The van der Waals surface area contributed by atoms with Crippen molar-refractivity contribution in [2.24, 2.45) is 9.98 Å². The number of hydrogen-bond donors (Lipinski definition) is 1.